The number of pyridine rings is 1. The van der Waals surface area contributed by atoms with Crippen molar-refractivity contribution < 1.29 is 22.7 Å². The number of nitrogens with two attached hydrogens (primary N) is 1. The maximum Gasteiger partial charge on any atom is 0.433 e. The molecule has 1 unspecified atom stereocenters. The van der Waals surface area contributed by atoms with Crippen LogP contribution in [0.2, 0.25) is 0 Å². The molecular formula is C12H14F3N3O2. The van der Waals surface area contributed by atoms with Crippen LogP contribution in [0.5, 0.6) is 5.88 Å². The molecule has 1 amide bonds. The van der Waals surface area contributed by atoms with Gasteiger partial charge in [-0.3, -0.25) is 4.79 Å². The molecule has 20 heavy (non-hydrogen) atoms. The average Bonchev–Trinajstić information content (AvgIpc) is 2.38. The van der Waals surface area contributed by atoms with Crippen LogP contribution in [0, 0.1) is 0 Å². The van der Waals surface area contributed by atoms with Gasteiger partial charge in [0.15, 0.2) is 0 Å². The Hall–Kier alpha value is -1.83. The third-order valence-corrected chi connectivity index (χ3v) is 2.95. The Morgan fingerprint density at radius 3 is 2.75 bits per heavy atom. The molecule has 1 aliphatic rings. The zero-order chi connectivity index (χ0) is 14.8. The van der Waals surface area contributed by atoms with Crippen LogP contribution >= 0.6 is 0 Å². The summed E-state index contributed by atoms with van der Waals surface area (Å²) >= 11 is 0. The molecule has 3 N–H and O–H groups in total. The summed E-state index contributed by atoms with van der Waals surface area (Å²) < 4.78 is 43.3. The molecule has 0 spiro atoms. The van der Waals surface area contributed by atoms with E-state index in [1.165, 1.54) is 0 Å². The monoisotopic (exact) mass is 289 g/mol. The second-order valence-electron chi connectivity index (χ2n) is 4.50. The second-order valence-corrected chi connectivity index (χ2v) is 4.50. The standard InChI is InChI=1S/C12H14F3N3O2/c13-12(14,15)9-4-3-8(10(16)19)11(18-9)20-7-2-1-5-17-6-7/h3-4,7,17H,1-2,5-6H2,(H2,16,19). The SMILES string of the molecule is NC(=O)c1ccc(C(F)(F)F)nc1OC1CCCNC1. The summed E-state index contributed by atoms with van der Waals surface area (Å²) in [6.45, 7) is 1.33. The van der Waals surface area contributed by atoms with E-state index in [4.69, 9.17) is 10.5 Å². The highest BCUT2D eigenvalue weighted by atomic mass is 19.4. The number of halogens is 3. The van der Waals surface area contributed by atoms with Gasteiger partial charge in [-0.2, -0.15) is 13.2 Å². The fourth-order valence-electron chi connectivity index (χ4n) is 1.95. The van der Waals surface area contributed by atoms with E-state index < -0.39 is 17.8 Å². The van der Waals surface area contributed by atoms with Crippen LogP contribution in [-0.4, -0.2) is 30.1 Å². The minimum absolute atomic E-state index is 0.149. The topological polar surface area (TPSA) is 77.2 Å². The zero-order valence-electron chi connectivity index (χ0n) is 10.5. The largest absolute Gasteiger partial charge is 0.472 e. The van der Waals surface area contributed by atoms with Crippen LogP contribution in [0.15, 0.2) is 12.1 Å². The number of amides is 1. The van der Waals surface area contributed by atoms with E-state index in [2.05, 4.69) is 10.3 Å². The molecule has 110 valence electrons. The van der Waals surface area contributed by atoms with Gasteiger partial charge >= 0.3 is 6.18 Å². The first-order chi connectivity index (χ1) is 9.38. The first-order valence-corrected chi connectivity index (χ1v) is 6.13. The van der Waals surface area contributed by atoms with Crippen molar-refractivity contribution in [2.75, 3.05) is 13.1 Å². The fraction of sp³-hybridized carbons (Fsp3) is 0.500. The highest BCUT2D eigenvalue weighted by molar-refractivity contribution is 5.95. The molecule has 2 heterocycles. The Balaban J connectivity index is 2.29. The maximum absolute atomic E-state index is 12.6. The summed E-state index contributed by atoms with van der Waals surface area (Å²) in [5, 5.41) is 3.06. The molecule has 1 atom stereocenters. The summed E-state index contributed by atoms with van der Waals surface area (Å²) in [5.41, 5.74) is 3.86. The van der Waals surface area contributed by atoms with Gasteiger partial charge in [-0.1, -0.05) is 0 Å². The van der Waals surface area contributed by atoms with E-state index in [1.54, 1.807) is 0 Å². The van der Waals surface area contributed by atoms with Crippen molar-refractivity contribution in [2.24, 2.45) is 5.73 Å². The number of hydrogen-bond donors (Lipinski definition) is 2. The quantitative estimate of drug-likeness (QED) is 0.880. The first-order valence-electron chi connectivity index (χ1n) is 6.13. The maximum atomic E-state index is 12.6. The minimum atomic E-state index is -4.60. The number of primary amides is 1. The molecule has 0 radical (unpaired) electrons. The van der Waals surface area contributed by atoms with Gasteiger partial charge in [0.2, 0.25) is 5.88 Å². The zero-order valence-corrected chi connectivity index (χ0v) is 10.5. The lowest BCUT2D eigenvalue weighted by atomic mass is 10.1. The van der Waals surface area contributed by atoms with E-state index in [-0.39, 0.29) is 17.5 Å². The fourth-order valence-corrected chi connectivity index (χ4v) is 1.95. The van der Waals surface area contributed by atoms with E-state index >= 15 is 0 Å². The molecule has 0 aliphatic carbocycles. The molecule has 0 bridgehead atoms. The molecule has 5 nitrogen and oxygen atoms in total. The van der Waals surface area contributed by atoms with Crippen molar-refractivity contribution >= 4 is 5.91 Å². The number of carbonyl (C=O) groups excluding carboxylic acids is 1. The Morgan fingerprint density at radius 2 is 2.20 bits per heavy atom. The molecule has 2 rings (SSSR count). The number of ether oxygens (including phenoxy) is 1. The van der Waals surface area contributed by atoms with Crippen LogP contribution in [0.4, 0.5) is 13.2 Å². The van der Waals surface area contributed by atoms with Gasteiger partial charge in [0.25, 0.3) is 5.91 Å². The molecule has 1 aliphatic heterocycles. The second kappa shape index (κ2) is 5.66. The van der Waals surface area contributed by atoms with Crippen LogP contribution in [-0.2, 0) is 6.18 Å². The lowest BCUT2D eigenvalue weighted by Crippen LogP contribution is -2.37. The average molecular weight is 289 g/mol. The molecule has 1 saturated heterocycles. The molecule has 1 aromatic rings. The van der Waals surface area contributed by atoms with E-state index in [9.17, 15) is 18.0 Å². The van der Waals surface area contributed by atoms with Crippen molar-refractivity contribution in [2.45, 2.75) is 25.1 Å². The Morgan fingerprint density at radius 1 is 1.45 bits per heavy atom. The van der Waals surface area contributed by atoms with Crippen LogP contribution in [0.25, 0.3) is 0 Å². The van der Waals surface area contributed by atoms with Crippen molar-refractivity contribution in [1.29, 1.82) is 0 Å². The van der Waals surface area contributed by atoms with E-state index in [0.717, 1.165) is 19.0 Å². The van der Waals surface area contributed by atoms with Gasteiger partial charge in [0, 0.05) is 6.54 Å². The highest BCUT2D eigenvalue weighted by Gasteiger charge is 2.34. The lowest BCUT2D eigenvalue weighted by molar-refractivity contribution is -0.141. The molecule has 8 heteroatoms. The molecule has 1 aromatic heterocycles. The van der Waals surface area contributed by atoms with Gasteiger partial charge in [-0.25, -0.2) is 4.98 Å². The first kappa shape index (κ1) is 14.6. The predicted molar refractivity (Wildman–Crippen MR) is 64.3 cm³/mol. The number of nitrogens with zero attached hydrogens (tertiary/aromatic N) is 1. The smallest absolute Gasteiger partial charge is 0.433 e. The molecule has 1 fully saturated rings. The van der Waals surface area contributed by atoms with E-state index in [0.29, 0.717) is 19.0 Å². The summed E-state index contributed by atoms with van der Waals surface area (Å²) in [5.74, 6) is -1.23. The Bertz CT molecular complexity index is 499. The Kier molecular flexibility index (Phi) is 4.12. The number of hydrogen-bond acceptors (Lipinski definition) is 4. The van der Waals surface area contributed by atoms with Gasteiger partial charge in [0.1, 0.15) is 17.4 Å². The molecular weight excluding hydrogens is 275 g/mol. The summed E-state index contributed by atoms with van der Waals surface area (Å²) in [7, 11) is 0. The Labute approximate surface area is 113 Å². The van der Waals surface area contributed by atoms with Crippen LogP contribution < -0.4 is 15.8 Å². The molecule has 0 aromatic carbocycles. The van der Waals surface area contributed by atoms with Gasteiger partial charge in [-0.15, -0.1) is 0 Å². The number of piperidine rings is 1. The third-order valence-electron chi connectivity index (χ3n) is 2.95. The summed E-state index contributed by atoms with van der Waals surface area (Å²) in [4.78, 5) is 14.6. The van der Waals surface area contributed by atoms with Gasteiger partial charge < -0.3 is 15.8 Å². The van der Waals surface area contributed by atoms with Crippen LogP contribution in [0.1, 0.15) is 28.9 Å². The van der Waals surface area contributed by atoms with Gasteiger partial charge in [-0.05, 0) is 31.5 Å². The van der Waals surface area contributed by atoms with Crippen LogP contribution in [0.3, 0.4) is 0 Å². The van der Waals surface area contributed by atoms with Gasteiger partial charge in [0.05, 0.1) is 0 Å². The minimum Gasteiger partial charge on any atom is -0.472 e. The van der Waals surface area contributed by atoms with E-state index in [1.807, 2.05) is 0 Å². The lowest BCUT2D eigenvalue weighted by Gasteiger charge is -2.24. The number of rotatable bonds is 3. The number of alkyl halides is 3. The predicted octanol–water partition coefficient (Wildman–Crippen LogP) is 1.33. The summed E-state index contributed by atoms with van der Waals surface area (Å²) in [6.07, 6.45) is -3.39. The number of carbonyl (C=O) groups is 1. The summed E-state index contributed by atoms with van der Waals surface area (Å²) in [6, 6.07) is 1.70. The van der Waals surface area contributed by atoms with Crippen molar-refractivity contribution in [3.63, 3.8) is 0 Å². The van der Waals surface area contributed by atoms with Crippen molar-refractivity contribution in [3.8, 4) is 5.88 Å². The number of nitrogens with one attached hydrogen (secondary N) is 1. The number of aromatic nitrogens is 1. The van der Waals surface area contributed by atoms with Crippen molar-refractivity contribution in [3.05, 3.63) is 23.4 Å². The molecule has 0 saturated carbocycles. The third kappa shape index (κ3) is 3.38. The van der Waals surface area contributed by atoms with Crippen molar-refractivity contribution in [1.82, 2.24) is 10.3 Å². The highest BCUT2D eigenvalue weighted by Crippen LogP contribution is 2.30. The normalized spacial score (nSPS) is 19.6.